The molecule has 0 atom stereocenters. The highest BCUT2D eigenvalue weighted by Crippen LogP contribution is 2.13. The minimum atomic E-state index is -0.130. The van der Waals surface area contributed by atoms with Crippen LogP contribution in [0.3, 0.4) is 0 Å². The Morgan fingerprint density at radius 1 is 0.960 bits per heavy atom. The standard InChI is InChI=1S/C20H23N3O2/c1-16-7-9-18(10-8-16)14-22-11-12-23(20(22)25)15-19(24)21-13-17-5-3-2-4-6-17/h2-10H,11-15H2,1H3,(H,21,24). The third-order valence-electron chi connectivity index (χ3n) is 4.34. The van der Waals surface area contributed by atoms with E-state index in [1.54, 1.807) is 9.80 Å². The second-order valence-electron chi connectivity index (χ2n) is 6.37. The lowest BCUT2D eigenvalue weighted by Gasteiger charge is -2.18. The molecule has 0 spiro atoms. The van der Waals surface area contributed by atoms with Crippen molar-refractivity contribution in [1.29, 1.82) is 0 Å². The van der Waals surface area contributed by atoms with Gasteiger partial charge in [-0.25, -0.2) is 4.79 Å². The van der Waals surface area contributed by atoms with Crippen LogP contribution in [-0.4, -0.2) is 41.4 Å². The number of benzene rings is 2. The molecule has 0 aliphatic carbocycles. The second kappa shape index (κ2) is 7.83. The predicted octanol–water partition coefficient (Wildman–Crippen LogP) is 2.55. The number of carbonyl (C=O) groups is 2. The van der Waals surface area contributed by atoms with Crippen molar-refractivity contribution in [3.8, 4) is 0 Å². The highest BCUT2D eigenvalue weighted by atomic mass is 16.2. The van der Waals surface area contributed by atoms with Crippen LogP contribution in [0.1, 0.15) is 16.7 Å². The Balaban J connectivity index is 1.48. The van der Waals surface area contributed by atoms with Crippen LogP contribution in [-0.2, 0) is 17.9 Å². The maximum atomic E-state index is 12.5. The van der Waals surface area contributed by atoms with E-state index in [1.165, 1.54) is 5.56 Å². The summed E-state index contributed by atoms with van der Waals surface area (Å²) in [4.78, 5) is 27.9. The summed E-state index contributed by atoms with van der Waals surface area (Å²) in [5.41, 5.74) is 3.35. The molecule has 0 radical (unpaired) electrons. The third kappa shape index (κ3) is 4.59. The summed E-state index contributed by atoms with van der Waals surface area (Å²) in [6, 6.07) is 17.8. The molecule has 1 N–H and O–H groups in total. The van der Waals surface area contributed by atoms with Gasteiger partial charge in [0, 0.05) is 26.2 Å². The van der Waals surface area contributed by atoms with Gasteiger partial charge in [0.25, 0.3) is 0 Å². The molecule has 0 unspecified atom stereocenters. The summed E-state index contributed by atoms with van der Waals surface area (Å²) in [5, 5.41) is 2.87. The fourth-order valence-electron chi connectivity index (χ4n) is 2.87. The van der Waals surface area contributed by atoms with Gasteiger partial charge in [0.05, 0.1) is 0 Å². The zero-order valence-corrected chi connectivity index (χ0v) is 14.4. The lowest BCUT2D eigenvalue weighted by molar-refractivity contribution is -0.121. The number of urea groups is 1. The Kier molecular flexibility index (Phi) is 5.33. The molecule has 1 heterocycles. The number of amides is 3. The Morgan fingerprint density at radius 2 is 1.64 bits per heavy atom. The fraction of sp³-hybridized carbons (Fsp3) is 0.300. The molecule has 2 aromatic carbocycles. The van der Waals surface area contributed by atoms with Crippen LogP contribution in [0.5, 0.6) is 0 Å². The molecule has 130 valence electrons. The normalized spacial score (nSPS) is 14.0. The predicted molar refractivity (Wildman–Crippen MR) is 96.8 cm³/mol. The number of rotatable bonds is 6. The van der Waals surface area contributed by atoms with Gasteiger partial charge in [0.1, 0.15) is 6.54 Å². The number of hydrogen-bond acceptors (Lipinski definition) is 2. The van der Waals surface area contributed by atoms with E-state index < -0.39 is 0 Å². The van der Waals surface area contributed by atoms with Crippen LogP contribution in [0.15, 0.2) is 54.6 Å². The Morgan fingerprint density at radius 3 is 2.36 bits per heavy atom. The summed E-state index contributed by atoms with van der Waals surface area (Å²) >= 11 is 0. The van der Waals surface area contributed by atoms with Gasteiger partial charge in [-0.3, -0.25) is 4.79 Å². The van der Waals surface area contributed by atoms with Crippen LogP contribution >= 0.6 is 0 Å². The van der Waals surface area contributed by atoms with E-state index in [0.717, 1.165) is 11.1 Å². The van der Waals surface area contributed by atoms with Gasteiger partial charge < -0.3 is 15.1 Å². The zero-order chi connectivity index (χ0) is 17.6. The van der Waals surface area contributed by atoms with Crippen molar-refractivity contribution >= 4 is 11.9 Å². The van der Waals surface area contributed by atoms with Crippen LogP contribution in [0, 0.1) is 6.92 Å². The molecule has 1 aliphatic rings. The maximum Gasteiger partial charge on any atom is 0.320 e. The second-order valence-corrected chi connectivity index (χ2v) is 6.37. The Bertz CT molecular complexity index is 728. The molecule has 1 saturated heterocycles. The smallest absolute Gasteiger partial charge is 0.320 e. The highest BCUT2D eigenvalue weighted by Gasteiger charge is 2.29. The van der Waals surface area contributed by atoms with E-state index in [-0.39, 0.29) is 18.5 Å². The number of nitrogens with one attached hydrogen (secondary N) is 1. The van der Waals surface area contributed by atoms with Gasteiger partial charge in [-0.05, 0) is 18.1 Å². The molecule has 3 amide bonds. The lowest BCUT2D eigenvalue weighted by atomic mass is 10.1. The fourth-order valence-corrected chi connectivity index (χ4v) is 2.87. The van der Waals surface area contributed by atoms with Crippen molar-refractivity contribution in [3.05, 3.63) is 71.3 Å². The number of carbonyl (C=O) groups excluding carboxylic acids is 2. The summed E-state index contributed by atoms with van der Waals surface area (Å²) in [5.74, 6) is -0.130. The summed E-state index contributed by atoms with van der Waals surface area (Å²) < 4.78 is 0. The van der Waals surface area contributed by atoms with Crippen LogP contribution < -0.4 is 5.32 Å². The number of aryl methyl sites for hydroxylation is 1. The lowest BCUT2D eigenvalue weighted by Crippen LogP contribution is -2.39. The van der Waals surface area contributed by atoms with Crippen molar-refractivity contribution in [3.63, 3.8) is 0 Å². The minimum Gasteiger partial charge on any atom is -0.350 e. The topological polar surface area (TPSA) is 52.6 Å². The van der Waals surface area contributed by atoms with E-state index in [0.29, 0.717) is 26.2 Å². The first-order valence-corrected chi connectivity index (χ1v) is 8.52. The first kappa shape index (κ1) is 17.0. The first-order chi connectivity index (χ1) is 12.1. The van der Waals surface area contributed by atoms with Gasteiger partial charge in [-0.1, -0.05) is 60.2 Å². The molecule has 0 aromatic heterocycles. The van der Waals surface area contributed by atoms with E-state index in [9.17, 15) is 9.59 Å². The molecule has 3 rings (SSSR count). The van der Waals surface area contributed by atoms with Gasteiger partial charge >= 0.3 is 6.03 Å². The van der Waals surface area contributed by atoms with E-state index in [1.807, 2.05) is 61.5 Å². The highest BCUT2D eigenvalue weighted by molar-refractivity contribution is 5.85. The quantitative estimate of drug-likeness (QED) is 0.881. The van der Waals surface area contributed by atoms with Gasteiger partial charge in [-0.2, -0.15) is 0 Å². The van der Waals surface area contributed by atoms with Crippen molar-refractivity contribution in [1.82, 2.24) is 15.1 Å². The van der Waals surface area contributed by atoms with E-state index in [2.05, 4.69) is 5.32 Å². The third-order valence-corrected chi connectivity index (χ3v) is 4.34. The average Bonchev–Trinajstić information content (AvgIpc) is 2.96. The van der Waals surface area contributed by atoms with Gasteiger partial charge in [-0.15, -0.1) is 0 Å². The largest absolute Gasteiger partial charge is 0.350 e. The first-order valence-electron chi connectivity index (χ1n) is 8.52. The molecule has 1 aliphatic heterocycles. The van der Waals surface area contributed by atoms with Crippen molar-refractivity contribution in [2.75, 3.05) is 19.6 Å². The SMILES string of the molecule is Cc1ccc(CN2CCN(CC(=O)NCc3ccccc3)C2=O)cc1. The number of nitrogens with zero attached hydrogens (tertiary/aromatic N) is 2. The van der Waals surface area contributed by atoms with Gasteiger partial charge in [0.15, 0.2) is 0 Å². The average molecular weight is 337 g/mol. The molecule has 1 fully saturated rings. The maximum absolute atomic E-state index is 12.5. The monoisotopic (exact) mass is 337 g/mol. The Labute approximate surface area is 148 Å². The van der Waals surface area contributed by atoms with Crippen LogP contribution in [0.4, 0.5) is 4.79 Å². The number of hydrogen-bond donors (Lipinski definition) is 1. The van der Waals surface area contributed by atoms with Gasteiger partial charge in [0.2, 0.25) is 5.91 Å². The molecular weight excluding hydrogens is 314 g/mol. The summed E-state index contributed by atoms with van der Waals surface area (Å²) in [6.45, 7) is 4.45. The minimum absolute atomic E-state index is 0.0737. The zero-order valence-electron chi connectivity index (χ0n) is 14.4. The van der Waals surface area contributed by atoms with Crippen LogP contribution in [0.2, 0.25) is 0 Å². The van der Waals surface area contributed by atoms with Crippen molar-refractivity contribution < 1.29 is 9.59 Å². The molecule has 5 nitrogen and oxygen atoms in total. The van der Waals surface area contributed by atoms with Crippen LogP contribution in [0.25, 0.3) is 0 Å². The van der Waals surface area contributed by atoms with E-state index >= 15 is 0 Å². The van der Waals surface area contributed by atoms with Crippen molar-refractivity contribution in [2.24, 2.45) is 0 Å². The molecular formula is C20H23N3O2. The summed E-state index contributed by atoms with van der Waals surface area (Å²) in [7, 11) is 0. The molecule has 5 heteroatoms. The Hall–Kier alpha value is -2.82. The molecule has 0 bridgehead atoms. The molecule has 25 heavy (non-hydrogen) atoms. The van der Waals surface area contributed by atoms with Crippen molar-refractivity contribution in [2.45, 2.75) is 20.0 Å². The van der Waals surface area contributed by atoms with E-state index in [4.69, 9.17) is 0 Å². The molecule has 0 saturated carbocycles. The molecule has 2 aromatic rings. The summed E-state index contributed by atoms with van der Waals surface area (Å²) in [6.07, 6.45) is 0.